The molecule has 0 saturated carbocycles. The maximum Gasteiger partial charge on any atom is 0.132 e. The SMILES string of the molecule is C=CCn1c(CC)nc(-c2cncc3ccccc23)c1N. The first-order valence-corrected chi connectivity index (χ1v) is 7.05. The number of fused-ring (bicyclic) bond motifs is 1. The molecule has 0 radical (unpaired) electrons. The molecule has 0 aliphatic heterocycles. The molecule has 2 aromatic heterocycles. The predicted octanol–water partition coefficient (Wildman–Crippen LogP) is 3.43. The first-order chi connectivity index (χ1) is 10.3. The smallest absolute Gasteiger partial charge is 0.132 e. The first kappa shape index (κ1) is 13.4. The molecule has 0 bridgehead atoms. The lowest BCUT2D eigenvalue weighted by atomic mass is 10.1. The van der Waals surface area contributed by atoms with Gasteiger partial charge in [0, 0.05) is 36.3 Å². The third-order valence-corrected chi connectivity index (χ3v) is 3.64. The number of hydrogen-bond donors (Lipinski definition) is 1. The van der Waals surface area contributed by atoms with Crippen LogP contribution in [0.4, 0.5) is 5.82 Å². The van der Waals surface area contributed by atoms with Crippen LogP contribution < -0.4 is 5.73 Å². The molecule has 3 rings (SSSR count). The summed E-state index contributed by atoms with van der Waals surface area (Å²) in [5, 5.41) is 2.20. The summed E-state index contributed by atoms with van der Waals surface area (Å²) in [6.45, 7) is 6.53. The van der Waals surface area contributed by atoms with E-state index in [1.165, 1.54) is 0 Å². The predicted molar refractivity (Wildman–Crippen MR) is 87.0 cm³/mol. The summed E-state index contributed by atoms with van der Waals surface area (Å²) < 4.78 is 2.00. The maximum absolute atomic E-state index is 6.31. The van der Waals surface area contributed by atoms with Crippen LogP contribution >= 0.6 is 0 Å². The van der Waals surface area contributed by atoms with E-state index in [1.807, 2.05) is 41.2 Å². The zero-order valence-corrected chi connectivity index (χ0v) is 12.1. The average molecular weight is 278 g/mol. The Bertz CT molecular complexity index is 796. The van der Waals surface area contributed by atoms with Gasteiger partial charge in [0.2, 0.25) is 0 Å². The minimum atomic E-state index is 0.667. The van der Waals surface area contributed by atoms with Crippen LogP contribution in [-0.2, 0) is 13.0 Å². The van der Waals surface area contributed by atoms with E-state index in [2.05, 4.69) is 24.6 Å². The lowest BCUT2D eigenvalue weighted by Crippen LogP contribution is -2.05. The van der Waals surface area contributed by atoms with E-state index in [4.69, 9.17) is 10.7 Å². The van der Waals surface area contributed by atoms with Crippen LogP contribution in [0.25, 0.3) is 22.0 Å². The Hall–Kier alpha value is -2.62. The number of allylic oxidation sites excluding steroid dienone is 1. The molecule has 106 valence electrons. The Morgan fingerprint density at radius 2 is 2.10 bits per heavy atom. The Kier molecular flexibility index (Phi) is 3.44. The molecule has 3 aromatic rings. The highest BCUT2D eigenvalue weighted by molar-refractivity contribution is 5.96. The fraction of sp³-hybridized carbons (Fsp3) is 0.176. The van der Waals surface area contributed by atoms with Gasteiger partial charge in [-0.05, 0) is 5.39 Å². The zero-order chi connectivity index (χ0) is 14.8. The van der Waals surface area contributed by atoms with Gasteiger partial charge in [0.25, 0.3) is 0 Å². The van der Waals surface area contributed by atoms with E-state index in [0.29, 0.717) is 12.4 Å². The van der Waals surface area contributed by atoms with Gasteiger partial charge in [-0.3, -0.25) is 4.98 Å². The number of benzene rings is 1. The number of rotatable bonds is 4. The van der Waals surface area contributed by atoms with Crippen molar-refractivity contribution < 1.29 is 0 Å². The van der Waals surface area contributed by atoms with Crippen LogP contribution in [0.5, 0.6) is 0 Å². The van der Waals surface area contributed by atoms with Crippen LogP contribution in [0.1, 0.15) is 12.7 Å². The summed E-state index contributed by atoms with van der Waals surface area (Å²) in [4.78, 5) is 9.03. The summed E-state index contributed by atoms with van der Waals surface area (Å²) in [5.41, 5.74) is 8.09. The molecule has 0 saturated heterocycles. The number of hydrogen-bond acceptors (Lipinski definition) is 3. The molecule has 1 aromatic carbocycles. The van der Waals surface area contributed by atoms with Crippen LogP contribution in [0.3, 0.4) is 0 Å². The van der Waals surface area contributed by atoms with Crippen molar-refractivity contribution in [3.63, 3.8) is 0 Å². The number of nitrogen functional groups attached to an aromatic ring is 1. The van der Waals surface area contributed by atoms with Gasteiger partial charge in [-0.25, -0.2) is 4.98 Å². The quantitative estimate of drug-likeness (QED) is 0.744. The number of pyridine rings is 1. The fourth-order valence-corrected chi connectivity index (χ4v) is 2.62. The summed E-state index contributed by atoms with van der Waals surface area (Å²) in [6.07, 6.45) is 6.35. The third kappa shape index (κ3) is 2.18. The number of imidazole rings is 1. The normalized spacial score (nSPS) is 10.9. The van der Waals surface area contributed by atoms with E-state index in [-0.39, 0.29) is 0 Å². The topological polar surface area (TPSA) is 56.7 Å². The first-order valence-electron chi connectivity index (χ1n) is 7.05. The molecule has 0 unspecified atom stereocenters. The number of nitrogens with zero attached hydrogens (tertiary/aromatic N) is 3. The number of nitrogens with two attached hydrogens (primary N) is 1. The van der Waals surface area contributed by atoms with Gasteiger partial charge in [-0.1, -0.05) is 37.3 Å². The molecule has 0 fully saturated rings. The Labute approximate surface area is 124 Å². The second-order valence-corrected chi connectivity index (χ2v) is 4.92. The van der Waals surface area contributed by atoms with E-state index in [9.17, 15) is 0 Å². The van der Waals surface area contributed by atoms with Gasteiger partial charge >= 0.3 is 0 Å². The highest BCUT2D eigenvalue weighted by Gasteiger charge is 2.16. The molecule has 0 aliphatic carbocycles. The Balaban J connectivity index is 2.26. The molecule has 4 nitrogen and oxygen atoms in total. The maximum atomic E-state index is 6.31. The van der Waals surface area contributed by atoms with Gasteiger partial charge in [0.05, 0.1) is 0 Å². The third-order valence-electron chi connectivity index (χ3n) is 3.64. The van der Waals surface area contributed by atoms with Crippen LogP contribution in [0.2, 0.25) is 0 Å². The van der Waals surface area contributed by atoms with Crippen molar-refractivity contribution in [2.45, 2.75) is 19.9 Å². The van der Waals surface area contributed by atoms with Crippen LogP contribution in [-0.4, -0.2) is 14.5 Å². The van der Waals surface area contributed by atoms with Crippen LogP contribution in [0, 0.1) is 0 Å². The summed E-state index contributed by atoms with van der Waals surface area (Å²) >= 11 is 0. The number of aromatic nitrogens is 3. The van der Waals surface area contributed by atoms with E-state index >= 15 is 0 Å². The van der Waals surface area contributed by atoms with Gasteiger partial charge in [0.1, 0.15) is 17.3 Å². The summed E-state index contributed by atoms with van der Waals surface area (Å²) in [6, 6.07) is 8.14. The van der Waals surface area contributed by atoms with Crippen molar-refractivity contribution in [1.29, 1.82) is 0 Å². The van der Waals surface area contributed by atoms with Gasteiger partial charge in [0.15, 0.2) is 0 Å². The van der Waals surface area contributed by atoms with Crippen molar-refractivity contribution in [1.82, 2.24) is 14.5 Å². The minimum absolute atomic E-state index is 0.667. The Morgan fingerprint density at radius 3 is 2.86 bits per heavy atom. The molecule has 2 heterocycles. The van der Waals surface area contributed by atoms with Crippen molar-refractivity contribution in [3.05, 3.63) is 55.1 Å². The monoisotopic (exact) mass is 278 g/mol. The van der Waals surface area contributed by atoms with E-state index in [0.717, 1.165) is 34.3 Å². The molecule has 2 N–H and O–H groups in total. The Morgan fingerprint density at radius 1 is 1.29 bits per heavy atom. The minimum Gasteiger partial charge on any atom is -0.383 e. The van der Waals surface area contributed by atoms with Crippen molar-refractivity contribution >= 4 is 16.6 Å². The lowest BCUT2D eigenvalue weighted by Gasteiger charge is -2.06. The molecule has 0 spiro atoms. The van der Waals surface area contributed by atoms with Gasteiger partial charge < -0.3 is 10.3 Å². The number of anilines is 1. The molecule has 0 aliphatic rings. The van der Waals surface area contributed by atoms with E-state index in [1.54, 1.807) is 0 Å². The zero-order valence-electron chi connectivity index (χ0n) is 12.1. The molecule has 0 atom stereocenters. The van der Waals surface area contributed by atoms with Crippen LogP contribution in [0.15, 0.2) is 49.3 Å². The van der Waals surface area contributed by atoms with Gasteiger partial charge in [-0.15, -0.1) is 6.58 Å². The highest BCUT2D eigenvalue weighted by atomic mass is 15.1. The van der Waals surface area contributed by atoms with Gasteiger partial charge in [-0.2, -0.15) is 0 Å². The lowest BCUT2D eigenvalue weighted by molar-refractivity contribution is 0.757. The van der Waals surface area contributed by atoms with Crippen molar-refractivity contribution in [2.75, 3.05) is 5.73 Å². The summed E-state index contributed by atoms with van der Waals surface area (Å²) in [5.74, 6) is 1.64. The van der Waals surface area contributed by atoms with Crippen molar-refractivity contribution in [2.24, 2.45) is 0 Å². The summed E-state index contributed by atoms with van der Waals surface area (Å²) in [7, 11) is 0. The second kappa shape index (κ2) is 5.40. The molecular formula is C17H18N4. The number of aryl methyl sites for hydroxylation is 1. The average Bonchev–Trinajstić information content (AvgIpc) is 2.84. The second-order valence-electron chi connectivity index (χ2n) is 4.92. The fourth-order valence-electron chi connectivity index (χ4n) is 2.62. The van der Waals surface area contributed by atoms with E-state index < -0.39 is 0 Å². The van der Waals surface area contributed by atoms with Crippen molar-refractivity contribution in [3.8, 4) is 11.3 Å². The molecule has 4 heteroatoms. The molecule has 0 amide bonds. The molecule has 21 heavy (non-hydrogen) atoms. The highest BCUT2D eigenvalue weighted by Crippen LogP contribution is 2.31. The largest absolute Gasteiger partial charge is 0.383 e. The standard InChI is InChI=1S/C17H18N4/c1-3-9-21-15(4-2)20-16(17(21)18)14-11-19-10-12-7-5-6-8-13(12)14/h3,5-8,10-11H,1,4,9,18H2,2H3. The molecular weight excluding hydrogens is 260 g/mol.